The van der Waals surface area contributed by atoms with Gasteiger partial charge < -0.3 is 14.2 Å². The van der Waals surface area contributed by atoms with Crippen LogP contribution in [0.15, 0.2) is 65.3 Å². The highest BCUT2D eigenvalue weighted by Crippen LogP contribution is 2.55. The summed E-state index contributed by atoms with van der Waals surface area (Å²) >= 11 is 1.47. The molecule has 1 spiro atoms. The summed E-state index contributed by atoms with van der Waals surface area (Å²) in [5.74, 6) is 0.0939. The number of furan rings is 1. The van der Waals surface area contributed by atoms with E-state index in [1.165, 1.54) is 30.2 Å². The van der Waals surface area contributed by atoms with Crippen molar-refractivity contribution in [2.75, 3.05) is 17.2 Å². The summed E-state index contributed by atoms with van der Waals surface area (Å²) in [6.07, 6.45) is 1.46. The topological polar surface area (TPSA) is 53.8 Å². The monoisotopic (exact) mass is 422 g/mol. The molecule has 1 saturated heterocycles. The van der Waals surface area contributed by atoms with Gasteiger partial charge in [-0.15, -0.1) is 11.8 Å². The largest absolute Gasteiger partial charge is 0.459 e. The van der Waals surface area contributed by atoms with Crippen LogP contribution in [-0.4, -0.2) is 29.0 Å². The summed E-state index contributed by atoms with van der Waals surface area (Å²) in [6.45, 7) is 2.73. The number of nitrogens with zero attached hydrogens (tertiary/aromatic N) is 2. The molecule has 7 heteroatoms. The summed E-state index contributed by atoms with van der Waals surface area (Å²) in [7, 11) is 0. The third-order valence-corrected chi connectivity index (χ3v) is 7.00. The SMILES string of the molecule is Cc1ccc2c(c1)C1(SCCN1C(=O)c1ccco1)C(=O)N2Cc1ccc(F)cc1. The molecule has 2 aliphatic heterocycles. The lowest BCUT2D eigenvalue weighted by atomic mass is 10.0. The zero-order chi connectivity index (χ0) is 20.9. The quantitative estimate of drug-likeness (QED) is 0.631. The molecule has 5 rings (SSSR count). The first-order chi connectivity index (χ1) is 14.5. The van der Waals surface area contributed by atoms with Crippen LogP contribution in [-0.2, 0) is 16.2 Å². The molecular weight excluding hydrogens is 403 g/mol. The standard InChI is InChI=1S/C23H19FN2O3S/c1-15-4-9-19-18(13-15)23(22(28)25(19)14-16-5-7-17(24)8-6-16)26(10-12-30-23)21(27)20-3-2-11-29-20/h2-9,11,13H,10,12,14H2,1H3. The minimum atomic E-state index is -1.12. The maximum atomic E-state index is 13.9. The van der Waals surface area contributed by atoms with Crippen molar-refractivity contribution in [2.24, 2.45) is 0 Å². The first-order valence-corrected chi connectivity index (χ1v) is 10.7. The fourth-order valence-electron chi connectivity index (χ4n) is 4.19. The molecule has 0 N–H and O–H groups in total. The number of benzene rings is 2. The van der Waals surface area contributed by atoms with Crippen LogP contribution in [0, 0.1) is 12.7 Å². The van der Waals surface area contributed by atoms with Crippen molar-refractivity contribution in [3.05, 3.63) is 89.1 Å². The van der Waals surface area contributed by atoms with Crippen molar-refractivity contribution in [1.29, 1.82) is 0 Å². The minimum Gasteiger partial charge on any atom is -0.459 e. The average Bonchev–Trinajstić information content (AvgIpc) is 3.47. The van der Waals surface area contributed by atoms with Gasteiger partial charge in [0, 0.05) is 17.9 Å². The van der Waals surface area contributed by atoms with Crippen molar-refractivity contribution < 1.29 is 18.4 Å². The summed E-state index contributed by atoms with van der Waals surface area (Å²) in [4.78, 5) is 29.3. The van der Waals surface area contributed by atoms with Crippen LogP contribution in [0.25, 0.3) is 0 Å². The van der Waals surface area contributed by atoms with E-state index < -0.39 is 4.87 Å². The molecule has 1 atom stereocenters. The van der Waals surface area contributed by atoms with Gasteiger partial charge in [0.25, 0.3) is 11.8 Å². The molecule has 0 bridgehead atoms. The minimum absolute atomic E-state index is 0.158. The zero-order valence-corrected chi connectivity index (χ0v) is 17.1. The van der Waals surface area contributed by atoms with Crippen LogP contribution in [0.5, 0.6) is 0 Å². The lowest BCUT2D eigenvalue weighted by Gasteiger charge is -2.32. The number of fused-ring (bicyclic) bond motifs is 2. The number of thioether (sulfide) groups is 1. The number of rotatable bonds is 3. The Morgan fingerprint density at radius 2 is 2.00 bits per heavy atom. The van der Waals surface area contributed by atoms with Crippen LogP contribution in [0.4, 0.5) is 10.1 Å². The van der Waals surface area contributed by atoms with Gasteiger partial charge in [-0.3, -0.25) is 9.59 Å². The van der Waals surface area contributed by atoms with Crippen LogP contribution >= 0.6 is 11.8 Å². The van der Waals surface area contributed by atoms with Gasteiger partial charge >= 0.3 is 0 Å². The number of anilines is 1. The van der Waals surface area contributed by atoms with E-state index in [1.54, 1.807) is 34.1 Å². The maximum absolute atomic E-state index is 13.9. The van der Waals surface area contributed by atoms with Gasteiger partial charge in [-0.25, -0.2) is 4.39 Å². The Morgan fingerprint density at radius 1 is 1.20 bits per heavy atom. The van der Waals surface area contributed by atoms with Gasteiger partial charge in [-0.1, -0.05) is 29.8 Å². The molecule has 152 valence electrons. The average molecular weight is 422 g/mol. The molecular formula is C23H19FN2O3S. The van der Waals surface area contributed by atoms with Gasteiger partial charge in [0.2, 0.25) is 0 Å². The van der Waals surface area contributed by atoms with Gasteiger partial charge in [0.15, 0.2) is 10.6 Å². The van der Waals surface area contributed by atoms with Crippen molar-refractivity contribution in [2.45, 2.75) is 18.3 Å². The number of amides is 2. The van der Waals surface area contributed by atoms with E-state index in [9.17, 15) is 14.0 Å². The summed E-state index contributed by atoms with van der Waals surface area (Å²) < 4.78 is 18.7. The number of aryl methyl sites for hydroxylation is 1. The first-order valence-electron chi connectivity index (χ1n) is 9.68. The van der Waals surface area contributed by atoms with E-state index in [0.29, 0.717) is 18.8 Å². The van der Waals surface area contributed by atoms with Crippen molar-refractivity contribution in [3.8, 4) is 0 Å². The Labute approximate surface area is 177 Å². The lowest BCUT2D eigenvalue weighted by Crippen LogP contribution is -2.50. The highest BCUT2D eigenvalue weighted by molar-refractivity contribution is 8.01. The van der Waals surface area contributed by atoms with Crippen molar-refractivity contribution in [1.82, 2.24) is 4.90 Å². The molecule has 2 aliphatic rings. The predicted molar refractivity (Wildman–Crippen MR) is 113 cm³/mol. The van der Waals surface area contributed by atoms with Crippen LogP contribution in [0.2, 0.25) is 0 Å². The first kappa shape index (κ1) is 18.9. The normalized spacial score (nSPS) is 20.3. The summed E-state index contributed by atoms with van der Waals surface area (Å²) in [5, 5.41) is 0. The predicted octanol–water partition coefficient (Wildman–Crippen LogP) is 4.32. The highest BCUT2D eigenvalue weighted by Gasteiger charge is 2.59. The second kappa shape index (κ2) is 7.02. The number of carbonyl (C=O) groups is 2. The smallest absolute Gasteiger partial charge is 0.291 e. The fourth-order valence-corrected chi connectivity index (χ4v) is 5.64. The molecule has 5 nitrogen and oxygen atoms in total. The Bertz CT molecular complexity index is 1130. The highest BCUT2D eigenvalue weighted by atomic mass is 32.2. The van der Waals surface area contributed by atoms with E-state index in [-0.39, 0.29) is 23.4 Å². The number of carbonyl (C=O) groups excluding carboxylic acids is 2. The van der Waals surface area contributed by atoms with Gasteiger partial charge in [-0.2, -0.15) is 0 Å². The Kier molecular flexibility index (Phi) is 4.43. The molecule has 1 fully saturated rings. The number of halogens is 1. The zero-order valence-electron chi connectivity index (χ0n) is 16.3. The van der Waals surface area contributed by atoms with Gasteiger partial charge in [0.05, 0.1) is 18.5 Å². The molecule has 3 aromatic rings. The van der Waals surface area contributed by atoms with Crippen LogP contribution < -0.4 is 4.90 Å². The Morgan fingerprint density at radius 3 is 2.73 bits per heavy atom. The van der Waals surface area contributed by atoms with Crippen LogP contribution in [0.3, 0.4) is 0 Å². The Hall–Kier alpha value is -3.06. The number of hydrogen-bond donors (Lipinski definition) is 0. The second-order valence-corrected chi connectivity index (χ2v) is 8.75. The third-order valence-electron chi connectivity index (χ3n) is 5.58. The van der Waals surface area contributed by atoms with E-state index in [4.69, 9.17) is 4.42 Å². The second-order valence-electron chi connectivity index (χ2n) is 7.46. The molecule has 1 unspecified atom stereocenters. The molecule has 30 heavy (non-hydrogen) atoms. The van der Waals surface area contributed by atoms with Crippen LogP contribution in [0.1, 0.15) is 27.2 Å². The fraction of sp³-hybridized carbons (Fsp3) is 0.217. The van der Waals surface area contributed by atoms with Gasteiger partial charge in [-0.05, 0) is 42.8 Å². The van der Waals surface area contributed by atoms with E-state index >= 15 is 0 Å². The van der Waals surface area contributed by atoms with Crippen molar-refractivity contribution in [3.63, 3.8) is 0 Å². The summed E-state index contributed by atoms with van der Waals surface area (Å²) in [6, 6.07) is 15.3. The van der Waals surface area contributed by atoms with Gasteiger partial charge in [0.1, 0.15) is 5.82 Å². The van der Waals surface area contributed by atoms with Crippen molar-refractivity contribution >= 4 is 29.3 Å². The van der Waals surface area contributed by atoms with E-state index in [1.807, 2.05) is 25.1 Å². The molecule has 2 aromatic carbocycles. The molecule has 1 aromatic heterocycles. The maximum Gasteiger partial charge on any atom is 0.291 e. The number of hydrogen-bond acceptors (Lipinski definition) is 4. The van der Waals surface area contributed by atoms with E-state index in [2.05, 4.69) is 0 Å². The third kappa shape index (κ3) is 2.76. The summed E-state index contributed by atoms with van der Waals surface area (Å²) in [5.41, 5.74) is 3.43. The molecule has 2 amide bonds. The molecule has 3 heterocycles. The lowest BCUT2D eigenvalue weighted by molar-refractivity contribution is -0.123. The molecule has 0 radical (unpaired) electrons. The Balaban J connectivity index is 1.60. The molecule has 0 aliphatic carbocycles. The van der Waals surface area contributed by atoms with E-state index in [0.717, 1.165) is 22.4 Å². The molecule has 0 saturated carbocycles.